The Morgan fingerprint density at radius 3 is 2.71 bits per heavy atom. The van der Waals surface area contributed by atoms with Crippen LogP contribution in [-0.2, 0) is 30.8 Å². The molecule has 11 nitrogen and oxygen atoms in total. The number of hydrogen-bond acceptors (Lipinski definition) is 9. The van der Waals surface area contributed by atoms with Crippen LogP contribution in [0.1, 0.15) is 12.8 Å². The number of carbonyl (C=O) groups excluding carboxylic acids is 1. The number of furan rings is 1. The van der Waals surface area contributed by atoms with Crippen molar-refractivity contribution in [1.29, 1.82) is 0 Å². The Kier molecular flexibility index (Phi) is 6.54. The minimum atomic E-state index is -4.55. The van der Waals surface area contributed by atoms with Crippen LogP contribution in [0, 0.1) is 6.01 Å². The van der Waals surface area contributed by atoms with Crippen molar-refractivity contribution in [2.24, 2.45) is 0 Å². The van der Waals surface area contributed by atoms with Gasteiger partial charge in [0.2, 0.25) is 15.9 Å². The summed E-state index contributed by atoms with van der Waals surface area (Å²) in [5.74, 6) is -2.19. The SMILES string of the molecule is CC(=O)NS(=O)(=O)CCN1C(=Cc2oc3cc(F)oc3[n+]2CS(=O)(=O)O)Sc2ccc(Br)cc21. The highest BCUT2D eigenvalue weighted by Gasteiger charge is 2.33. The van der Waals surface area contributed by atoms with Gasteiger partial charge in [-0.2, -0.15) is 12.8 Å². The molecule has 34 heavy (non-hydrogen) atoms. The highest BCUT2D eigenvalue weighted by Crippen LogP contribution is 2.47. The molecule has 2 N–H and O–H groups in total. The van der Waals surface area contributed by atoms with Gasteiger partial charge in [0.25, 0.3) is 17.5 Å². The number of nitrogens with one attached hydrogen (secondary N) is 1. The lowest BCUT2D eigenvalue weighted by Crippen LogP contribution is -2.39. The van der Waals surface area contributed by atoms with Gasteiger partial charge >= 0.3 is 21.7 Å². The average molecular weight is 597 g/mol. The average Bonchev–Trinajstić information content (AvgIpc) is 3.30. The second-order valence-electron chi connectivity index (χ2n) is 7.12. The monoisotopic (exact) mass is 596 g/mol. The first-order valence-electron chi connectivity index (χ1n) is 9.36. The summed E-state index contributed by atoms with van der Waals surface area (Å²) in [5.41, 5.74) is 0.326. The highest BCUT2D eigenvalue weighted by atomic mass is 79.9. The summed E-state index contributed by atoms with van der Waals surface area (Å²) in [5, 5.41) is 0.451. The molecule has 1 amide bonds. The molecule has 1 aromatic carbocycles. The smallest absolute Gasteiger partial charge is 0.394 e. The third-order valence-electron chi connectivity index (χ3n) is 4.49. The summed E-state index contributed by atoms with van der Waals surface area (Å²) in [4.78, 5) is 13.6. The number of thioether (sulfide) groups is 1. The third-order valence-corrected chi connectivity index (χ3v) is 8.00. The summed E-state index contributed by atoms with van der Waals surface area (Å²) in [6, 6.07) is 5.28. The van der Waals surface area contributed by atoms with E-state index >= 15 is 0 Å². The standard InChI is InChI=1S/C18H15BrFN3O8S3/c1-10(24)21-33(25,26)5-4-22-12-6-11(19)2-3-14(12)32-17(22)8-16-23(9-34(27,28)29)18-13(30-16)7-15(20)31-18/h2-3,6-8H,4-5,9H2,1H3,(H-,21,24,27,28,29)/p+1. The number of nitrogens with zero attached hydrogens (tertiary/aromatic N) is 2. The molecule has 0 bridgehead atoms. The molecule has 2 aromatic heterocycles. The molecule has 3 aromatic rings. The largest absolute Gasteiger partial charge is 0.424 e. The number of hydrogen-bond donors (Lipinski definition) is 2. The Morgan fingerprint density at radius 2 is 2.03 bits per heavy atom. The summed E-state index contributed by atoms with van der Waals surface area (Å²) in [6.07, 6.45) is 1.42. The fourth-order valence-electron chi connectivity index (χ4n) is 3.26. The lowest BCUT2D eigenvalue weighted by molar-refractivity contribution is -0.665. The highest BCUT2D eigenvalue weighted by molar-refractivity contribution is 9.10. The number of aromatic nitrogens is 1. The van der Waals surface area contributed by atoms with Crippen LogP contribution in [0.4, 0.5) is 10.1 Å². The van der Waals surface area contributed by atoms with Crippen molar-refractivity contribution in [1.82, 2.24) is 4.72 Å². The predicted octanol–water partition coefficient (Wildman–Crippen LogP) is 2.44. The molecule has 0 fully saturated rings. The Hall–Kier alpha value is -2.40. The second kappa shape index (κ2) is 8.99. The molecule has 1 aliphatic rings. The number of rotatable bonds is 7. The molecule has 0 unspecified atom stereocenters. The summed E-state index contributed by atoms with van der Waals surface area (Å²) < 4.78 is 84.3. The molecule has 0 saturated heterocycles. The predicted molar refractivity (Wildman–Crippen MR) is 123 cm³/mol. The molecule has 16 heteroatoms. The molecular formula is C18H16BrFN3O8S3+. The number of sulfonamides is 1. The van der Waals surface area contributed by atoms with Gasteiger partial charge in [-0.05, 0) is 18.2 Å². The Labute approximate surface area is 205 Å². The quantitative estimate of drug-likeness (QED) is 0.307. The van der Waals surface area contributed by atoms with E-state index in [1.165, 1.54) is 17.8 Å². The van der Waals surface area contributed by atoms with Crippen molar-refractivity contribution < 1.29 is 44.0 Å². The van der Waals surface area contributed by atoms with E-state index in [4.69, 9.17) is 8.83 Å². The van der Waals surface area contributed by atoms with E-state index in [2.05, 4.69) is 15.9 Å². The van der Waals surface area contributed by atoms with Crippen molar-refractivity contribution in [3.05, 3.63) is 45.7 Å². The van der Waals surface area contributed by atoms with Crippen LogP contribution >= 0.6 is 27.7 Å². The van der Waals surface area contributed by atoms with E-state index in [0.717, 1.165) is 26.9 Å². The van der Waals surface area contributed by atoms with Gasteiger partial charge in [-0.3, -0.25) is 14.1 Å². The Balaban J connectivity index is 1.77. The van der Waals surface area contributed by atoms with Gasteiger partial charge in [0.1, 0.15) is 0 Å². The minimum Gasteiger partial charge on any atom is -0.394 e. The molecule has 0 atom stereocenters. The van der Waals surface area contributed by atoms with E-state index in [9.17, 15) is 30.6 Å². The van der Waals surface area contributed by atoms with E-state index in [0.29, 0.717) is 10.7 Å². The first kappa shape index (κ1) is 24.7. The lowest BCUT2D eigenvalue weighted by Gasteiger charge is -2.20. The molecule has 0 aliphatic carbocycles. The second-order valence-corrected chi connectivity index (χ2v) is 12.4. The van der Waals surface area contributed by atoms with E-state index in [1.807, 2.05) is 4.72 Å². The number of benzene rings is 1. The molecule has 4 rings (SSSR count). The summed E-state index contributed by atoms with van der Waals surface area (Å²) in [6.45, 7) is 1.03. The van der Waals surface area contributed by atoms with Gasteiger partial charge in [0.15, 0.2) is 0 Å². The van der Waals surface area contributed by atoms with E-state index in [1.54, 1.807) is 23.1 Å². The third kappa shape index (κ3) is 5.46. The van der Waals surface area contributed by atoms with Gasteiger partial charge in [0.05, 0.1) is 28.6 Å². The topological polar surface area (TPSA) is 151 Å². The van der Waals surface area contributed by atoms with Gasteiger partial charge in [0, 0.05) is 22.8 Å². The normalized spacial score (nSPS) is 15.3. The first-order valence-corrected chi connectivity index (χ1v) is 14.2. The maximum absolute atomic E-state index is 13.5. The van der Waals surface area contributed by atoms with Gasteiger partial charge in [-0.25, -0.2) is 8.42 Å². The number of fused-ring (bicyclic) bond motifs is 2. The van der Waals surface area contributed by atoms with Crippen LogP contribution in [0.2, 0.25) is 0 Å². The van der Waals surface area contributed by atoms with Crippen molar-refractivity contribution >= 4 is 76.8 Å². The van der Waals surface area contributed by atoms with Crippen molar-refractivity contribution in [3.8, 4) is 0 Å². The van der Waals surface area contributed by atoms with Crippen molar-refractivity contribution in [2.45, 2.75) is 17.7 Å². The molecular weight excluding hydrogens is 581 g/mol. The van der Waals surface area contributed by atoms with Crippen LogP contribution in [-0.4, -0.2) is 39.6 Å². The van der Waals surface area contributed by atoms with Crippen LogP contribution in [0.25, 0.3) is 17.4 Å². The van der Waals surface area contributed by atoms with E-state index < -0.39 is 43.7 Å². The number of carbonyl (C=O) groups is 1. The number of amides is 1. The lowest BCUT2D eigenvalue weighted by atomic mass is 10.3. The van der Waals surface area contributed by atoms with Gasteiger partial charge < -0.3 is 13.7 Å². The Bertz CT molecular complexity index is 1550. The van der Waals surface area contributed by atoms with Crippen molar-refractivity contribution in [3.63, 3.8) is 0 Å². The maximum atomic E-state index is 13.5. The fourth-order valence-corrected chi connectivity index (χ4v) is 6.24. The molecule has 1 aliphatic heterocycles. The van der Waals surface area contributed by atoms with Gasteiger partial charge in [-0.1, -0.05) is 27.7 Å². The van der Waals surface area contributed by atoms with Crippen LogP contribution in [0.3, 0.4) is 0 Å². The Morgan fingerprint density at radius 1 is 1.29 bits per heavy atom. The number of halogens is 2. The molecule has 182 valence electrons. The number of anilines is 1. The van der Waals surface area contributed by atoms with Crippen molar-refractivity contribution in [2.75, 3.05) is 17.2 Å². The van der Waals surface area contributed by atoms with Crippen LogP contribution in [0.15, 0.2) is 47.5 Å². The first-order chi connectivity index (χ1) is 15.8. The van der Waals surface area contributed by atoms with Gasteiger partial charge in [-0.15, -0.1) is 4.57 Å². The molecule has 3 heterocycles. The zero-order valence-electron chi connectivity index (χ0n) is 17.2. The van der Waals surface area contributed by atoms with Crippen LogP contribution in [0.5, 0.6) is 0 Å². The molecule has 0 radical (unpaired) electrons. The maximum Gasteiger partial charge on any atom is 0.424 e. The number of oxazole rings is 1. The zero-order valence-corrected chi connectivity index (χ0v) is 21.2. The van der Waals surface area contributed by atoms with E-state index in [-0.39, 0.29) is 23.7 Å². The summed E-state index contributed by atoms with van der Waals surface area (Å²) >= 11 is 4.63. The summed E-state index contributed by atoms with van der Waals surface area (Å²) in [7, 11) is -8.47. The zero-order chi connectivity index (χ0) is 24.8. The molecule has 0 spiro atoms. The minimum absolute atomic E-state index is 0.0609. The van der Waals surface area contributed by atoms with Crippen LogP contribution < -0.4 is 14.2 Å². The molecule has 0 saturated carbocycles. The fraction of sp³-hybridized carbons (Fsp3) is 0.222.